The number of rotatable bonds is 17. The number of halogens is 3. The van der Waals surface area contributed by atoms with Crippen molar-refractivity contribution < 1.29 is 51.1 Å². The normalized spacial score (nSPS) is 19.0. The minimum absolute atomic E-state index is 0.0435. The van der Waals surface area contributed by atoms with E-state index in [1.807, 2.05) is 53.4 Å². The van der Waals surface area contributed by atoms with Crippen molar-refractivity contribution in [2.75, 3.05) is 60.1 Å². The molecule has 4 aromatic carbocycles. The zero-order valence-corrected chi connectivity index (χ0v) is 37.6. The molecule has 0 aliphatic carbocycles. The fourth-order valence-electron chi connectivity index (χ4n) is 9.41. The van der Waals surface area contributed by atoms with E-state index in [4.69, 9.17) is 52.8 Å². The number of ether oxygens (including phenoxy) is 8. The average Bonchev–Trinajstić information content (AvgIpc) is 3.87. The van der Waals surface area contributed by atoms with E-state index < -0.39 is 29.4 Å². The first-order valence-electron chi connectivity index (χ1n) is 21.8. The molecule has 2 unspecified atom stereocenters. The molecule has 346 valence electrons. The number of anilines is 1. The van der Waals surface area contributed by atoms with Crippen LogP contribution in [0, 0.1) is 11.6 Å². The van der Waals surface area contributed by atoms with Gasteiger partial charge >= 0.3 is 6.01 Å². The minimum Gasteiger partial charge on any atom is -0.497 e. The number of aromatic nitrogens is 3. The van der Waals surface area contributed by atoms with E-state index >= 15 is 8.78 Å². The molecule has 0 spiro atoms. The summed E-state index contributed by atoms with van der Waals surface area (Å²) in [4.78, 5) is 18.7. The second kappa shape index (κ2) is 19.1. The molecule has 5 heterocycles. The second-order valence-corrected chi connectivity index (χ2v) is 16.8. The first-order valence-corrected chi connectivity index (χ1v) is 21.8. The number of hydrogen-bond donors (Lipinski definition) is 0. The van der Waals surface area contributed by atoms with Crippen LogP contribution in [0.1, 0.15) is 58.9 Å². The van der Waals surface area contributed by atoms with Crippen LogP contribution in [0.25, 0.3) is 10.9 Å². The van der Waals surface area contributed by atoms with Crippen LogP contribution in [0.15, 0.2) is 78.9 Å². The van der Waals surface area contributed by atoms with Crippen molar-refractivity contribution in [2.24, 2.45) is 0 Å². The average molecular weight is 908 g/mol. The number of nitrogens with zero attached hydrogens (tertiary/aromatic N) is 5. The third-order valence-corrected chi connectivity index (χ3v) is 12.9. The first kappa shape index (κ1) is 44.7. The summed E-state index contributed by atoms with van der Waals surface area (Å²) < 4.78 is 94.0. The summed E-state index contributed by atoms with van der Waals surface area (Å²) in [6.07, 6.45) is 0.321. The van der Waals surface area contributed by atoms with Crippen molar-refractivity contribution >= 4 is 16.7 Å². The van der Waals surface area contributed by atoms with Crippen LogP contribution in [-0.2, 0) is 37.5 Å². The lowest BCUT2D eigenvalue weighted by atomic mass is 9.95. The molecule has 2 saturated heterocycles. The largest absolute Gasteiger partial charge is 0.497 e. The van der Waals surface area contributed by atoms with Gasteiger partial charge in [-0.05, 0) is 73.5 Å². The molecule has 6 aromatic rings. The van der Waals surface area contributed by atoms with Gasteiger partial charge in [0.25, 0.3) is 0 Å². The first-order chi connectivity index (χ1) is 32.1. The Balaban J connectivity index is 1.08. The molecule has 3 aliphatic rings. The molecule has 16 heteroatoms. The summed E-state index contributed by atoms with van der Waals surface area (Å²) in [7, 11) is 7.93. The van der Waals surface area contributed by atoms with E-state index in [2.05, 4.69) is 4.90 Å². The Bertz CT molecular complexity index is 2650. The summed E-state index contributed by atoms with van der Waals surface area (Å²) in [6, 6.07) is 22.8. The van der Waals surface area contributed by atoms with Crippen molar-refractivity contribution in [1.82, 2.24) is 19.9 Å². The standard InChI is InChI=1S/C50H52F3N5O8/c1-59-34-11-7-30(8-12-34)27-65-48-38-28-64-44(22-41(38)54-49(56-48)66-29-50-17-6-18-58(50)26-33(51)23-50)46-40(53)21-39(52)37-15-16-45(55-47(37)46)57(24-31-9-13-35(60-2)19-42(31)62-4)25-32-10-14-36(61-3)20-43(32)63-5/h7-16,19-21,33,44H,6,17-18,22-29H2,1-5H3/t33-,44?,50?/m1/s1. The third kappa shape index (κ3) is 9.03. The lowest BCUT2D eigenvalue weighted by molar-refractivity contribution is 0.0215. The van der Waals surface area contributed by atoms with Gasteiger partial charge in [-0.1, -0.05) is 12.1 Å². The number of fused-ring (bicyclic) bond motifs is 3. The fourth-order valence-corrected chi connectivity index (χ4v) is 9.41. The highest BCUT2D eigenvalue weighted by molar-refractivity contribution is 5.85. The molecule has 2 fully saturated rings. The Hall–Kier alpha value is -6.52. The number of pyridine rings is 1. The van der Waals surface area contributed by atoms with Gasteiger partial charge in [0.1, 0.15) is 65.6 Å². The van der Waals surface area contributed by atoms with Crippen LogP contribution in [-0.4, -0.2) is 86.8 Å². The van der Waals surface area contributed by atoms with E-state index in [1.54, 1.807) is 59.8 Å². The van der Waals surface area contributed by atoms with Crippen molar-refractivity contribution in [3.05, 3.63) is 124 Å². The maximum absolute atomic E-state index is 16.5. The van der Waals surface area contributed by atoms with E-state index in [0.29, 0.717) is 58.8 Å². The Morgan fingerprint density at radius 1 is 0.758 bits per heavy atom. The molecule has 2 aromatic heterocycles. The van der Waals surface area contributed by atoms with Crippen molar-refractivity contribution in [3.8, 4) is 40.6 Å². The Morgan fingerprint density at radius 2 is 1.44 bits per heavy atom. The number of alkyl halides is 1. The smallest absolute Gasteiger partial charge is 0.320 e. The van der Waals surface area contributed by atoms with Crippen molar-refractivity contribution in [2.45, 2.75) is 69.8 Å². The monoisotopic (exact) mass is 907 g/mol. The van der Waals surface area contributed by atoms with Gasteiger partial charge in [-0.2, -0.15) is 9.97 Å². The van der Waals surface area contributed by atoms with E-state index in [9.17, 15) is 4.39 Å². The van der Waals surface area contributed by atoms with Gasteiger partial charge in [0, 0.05) is 72.8 Å². The maximum atomic E-state index is 16.5. The number of methoxy groups -OCH3 is 5. The summed E-state index contributed by atoms with van der Waals surface area (Å²) >= 11 is 0. The highest BCUT2D eigenvalue weighted by Crippen LogP contribution is 2.43. The molecule has 0 bridgehead atoms. The van der Waals surface area contributed by atoms with Crippen LogP contribution < -0.4 is 38.1 Å². The lowest BCUT2D eigenvalue weighted by Crippen LogP contribution is -2.43. The number of benzene rings is 4. The zero-order chi connectivity index (χ0) is 46.0. The van der Waals surface area contributed by atoms with Gasteiger partial charge in [0.15, 0.2) is 0 Å². The zero-order valence-electron chi connectivity index (χ0n) is 37.6. The molecule has 3 atom stereocenters. The van der Waals surface area contributed by atoms with Crippen LogP contribution in [0.4, 0.5) is 19.0 Å². The Labute approximate surface area is 381 Å². The van der Waals surface area contributed by atoms with E-state index in [-0.39, 0.29) is 67.7 Å². The SMILES string of the molecule is COc1ccc(COc2nc(OCC34CCCN3C[C@H](F)C4)nc3c2COC(c2c(F)cc(F)c4ccc(N(Cc5ccc(OC)cc5OC)Cc5ccc(OC)cc5OC)nc24)C3)cc1. The van der Waals surface area contributed by atoms with Gasteiger partial charge in [-0.25, -0.2) is 18.2 Å². The predicted molar refractivity (Wildman–Crippen MR) is 240 cm³/mol. The third-order valence-electron chi connectivity index (χ3n) is 12.9. The van der Waals surface area contributed by atoms with Crippen LogP contribution in [0.5, 0.6) is 40.6 Å². The Morgan fingerprint density at radius 3 is 2.11 bits per heavy atom. The molecule has 3 aliphatic heterocycles. The molecular formula is C50H52F3N5O8. The summed E-state index contributed by atoms with van der Waals surface area (Å²) in [5, 5.41) is 0.117. The highest BCUT2D eigenvalue weighted by Gasteiger charge is 2.49. The van der Waals surface area contributed by atoms with E-state index in [1.165, 1.54) is 0 Å². The van der Waals surface area contributed by atoms with Crippen LogP contribution in [0.3, 0.4) is 0 Å². The quantitative estimate of drug-likeness (QED) is 0.0868. The molecular weight excluding hydrogens is 856 g/mol. The van der Waals surface area contributed by atoms with Crippen LogP contribution in [0.2, 0.25) is 0 Å². The summed E-state index contributed by atoms with van der Waals surface area (Å²) in [5.74, 6) is 2.22. The molecule has 66 heavy (non-hydrogen) atoms. The molecule has 0 N–H and O–H groups in total. The van der Waals surface area contributed by atoms with Gasteiger partial charge in [0.05, 0.1) is 70.6 Å². The predicted octanol–water partition coefficient (Wildman–Crippen LogP) is 8.90. The molecule has 0 saturated carbocycles. The van der Waals surface area contributed by atoms with E-state index in [0.717, 1.165) is 42.1 Å². The molecule has 13 nitrogen and oxygen atoms in total. The van der Waals surface area contributed by atoms with Gasteiger partial charge in [-0.3, -0.25) is 4.90 Å². The second-order valence-electron chi connectivity index (χ2n) is 16.8. The Kier molecular flexibility index (Phi) is 13.0. The lowest BCUT2D eigenvalue weighted by Gasteiger charge is -2.31. The van der Waals surface area contributed by atoms with Gasteiger partial charge < -0.3 is 42.8 Å². The summed E-state index contributed by atoms with van der Waals surface area (Å²) in [5.41, 5.74) is 3.30. The molecule has 0 radical (unpaired) electrons. The minimum atomic E-state index is -0.941. The topological polar surface area (TPSA) is 119 Å². The summed E-state index contributed by atoms with van der Waals surface area (Å²) in [6.45, 7) is 2.08. The van der Waals surface area contributed by atoms with Gasteiger partial charge in [-0.15, -0.1) is 0 Å². The highest BCUT2D eigenvalue weighted by atomic mass is 19.1. The van der Waals surface area contributed by atoms with Crippen LogP contribution >= 0.6 is 0 Å². The number of hydrogen-bond acceptors (Lipinski definition) is 13. The van der Waals surface area contributed by atoms with Gasteiger partial charge in [0.2, 0.25) is 5.88 Å². The molecule has 0 amide bonds. The fraction of sp³-hybridized carbons (Fsp3) is 0.380. The van der Waals surface area contributed by atoms with Crippen molar-refractivity contribution in [3.63, 3.8) is 0 Å². The maximum Gasteiger partial charge on any atom is 0.320 e. The molecule has 9 rings (SSSR count). The van der Waals surface area contributed by atoms with Crippen molar-refractivity contribution in [1.29, 1.82) is 0 Å².